The molecule has 1 saturated carbocycles. The van der Waals surface area contributed by atoms with E-state index in [4.69, 9.17) is 0 Å². The lowest BCUT2D eigenvalue weighted by Crippen LogP contribution is -2.15. The summed E-state index contributed by atoms with van der Waals surface area (Å²) in [5.74, 6) is 0. The predicted octanol–water partition coefficient (Wildman–Crippen LogP) is 2.06. The number of hydrogen-bond acceptors (Lipinski definition) is 5. The van der Waals surface area contributed by atoms with Gasteiger partial charge in [0, 0.05) is 11.8 Å². The second-order valence-corrected chi connectivity index (χ2v) is 5.88. The van der Waals surface area contributed by atoms with E-state index in [2.05, 4.69) is 45.1 Å². The molecule has 5 nitrogen and oxygen atoms in total. The van der Waals surface area contributed by atoms with Crippen LogP contribution < -0.4 is 5.32 Å². The molecule has 100 valence electrons. The van der Waals surface area contributed by atoms with Crippen LogP contribution in [0.25, 0.3) is 0 Å². The third kappa shape index (κ3) is 2.96. The maximum Gasteiger partial charge on any atom is 0.210 e. The standard InChI is InChI=1S/C13H17N5S/c1-14-9-12(10-5-3-2-4-6-10)19-13-15-16-17-18(13)11-7-8-11/h2-6,11-12,14H,7-9H2,1H3. The van der Waals surface area contributed by atoms with E-state index in [9.17, 15) is 0 Å². The summed E-state index contributed by atoms with van der Waals surface area (Å²) < 4.78 is 1.97. The number of tetrazole rings is 1. The van der Waals surface area contributed by atoms with Crippen LogP contribution in [0.1, 0.15) is 29.7 Å². The minimum atomic E-state index is 0.328. The van der Waals surface area contributed by atoms with E-state index in [-0.39, 0.29) is 0 Å². The van der Waals surface area contributed by atoms with Crippen molar-refractivity contribution in [2.45, 2.75) is 29.3 Å². The van der Waals surface area contributed by atoms with Gasteiger partial charge < -0.3 is 5.32 Å². The molecule has 0 radical (unpaired) electrons. The molecule has 6 heteroatoms. The Morgan fingerprint density at radius 2 is 2.16 bits per heavy atom. The summed E-state index contributed by atoms with van der Waals surface area (Å²) in [5, 5.41) is 16.6. The van der Waals surface area contributed by atoms with Crippen molar-refractivity contribution in [1.82, 2.24) is 25.5 Å². The molecule has 19 heavy (non-hydrogen) atoms. The summed E-state index contributed by atoms with van der Waals surface area (Å²) in [6.07, 6.45) is 2.39. The molecule has 1 aromatic heterocycles. The first-order valence-corrected chi connectivity index (χ1v) is 7.40. The van der Waals surface area contributed by atoms with Crippen LogP contribution >= 0.6 is 11.8 Å². The van der Waals surface area contributed by atoms with E-state index < -0.39 is 0 Å². The van der Waals surface area contributed by atoms with E-state index in [0.717, 1.165) is 11.7 Å². The second kappa shape index (κ2) is 5.71. The van der Waals surface area contributed by atoms with E-state index in [1.165, 1.54) is 18.4 Å². The average molecular weight is 275 g/mol. The molecule has 1 unspecified atom stereocenters. The Bertz CT molecular complexity index is 523. The molecular weight excluding hydrogens is 258 g/mol. The molecule has 2 aromatic rings. The van der Waals surface area contributed by atoms with Crippen LogP contribution in [0.4, 0.5) is 0 Å². The highest BCUT2D eigenvalue weighted by Crippen LogP contribution is 2.40. The van der Waals surface area contributed by atoms with Gasteiger partial charge in [0.15, 0.2) is 0 Å². The van der Waals surface area contributed by atoms with Crippen molar-refractivity contribution in [3.05, 3.63) is 35.9 Å². The predicted molar refractivity (Wildman–Crippen MR) is 75.1 cm³/mol. The minimum absolute atomic E-state index is 0.328. The van der Waals surface area contributed by atoms with Gasteiger partial charge in [-0.1, -0.05) is 42.1 Å². The quantitative estimate of drug-likeness (QED) is 0.818. The molecule has 1 N–H and O–H groups in total. The fourth-order valence-electron chi connectivity index (χ4n) is 2.02. The summed E-state index contributed by atoms with van der Waals surface area (Å²) in [7, 11) is 1.97. The van der Waals surface area contributed by atoms with Gasteiger partial charge in [-0.25, -0.2) is 4.68 Å². The molecule has 0 bridgehead atoms. The maximum absolute atomic E-state index is 4.16. The first-order valence-electron chi connectivity index (χ1n) is 6.52. The Hall–Kier alpha value is -1.40. The van der Waals surface area contributed by atoms with E-state index in [1.54, 1.807) is 11.8 Å². The van der Waals surface area contributed by atoms with Gasteiger partial charge in [0.1, 0.15) is 0 Å². The van der Waals surface area contributed by atoms with E-state index >= 15 is 0 Å². The van der Waals surface area contributed by atoms with Crippen LogP contribution in [0.2, 0.25) is 0 Å². The number of nitrogens with zero attached hydrogens (tertiary/aromatic N) is 4. The highest BCUT2D eigenvalue weighted by atomic mass is 32.2. The Kier molecular flexibility index (Phi) is 3.79. The number of likely N-dealkylation sites (N-methyl/N-ethyl adjacent to an activating group) is 1. The summed E-state index contributed by atoms with van der Waals surface area (Å²) in [4.78, 5) is 0. The number of aromatic nitrogens is 4. The Balaban J connectivity index is 1.79. The van der Waals surface area contributed by atoms with Crippen LogP contribution in [0.5, 0.6) is 0 Å². The van der Waals surface area contributed by atoms with E-state index in [0.29, 0.717) is 11.3 Å². The molecule has 1 atom stereocenters. The molecular formula is C13H17N5S. The number of thioether (sulfide) groups is 1. The molecule has 1 aromatic carbocycles. The monoisotopic (exact) mass is 275 g/mol. The number of benzene rings is 1. The molecule has 1 heterocycles. The third-order valence-electron chi connectivity index (χ3n) is 3.16. The second-order valence-electron chi connectivity index (χ2n) is 4.71. The van der Waals surface area contributed by atoms with Crippen molar-refractivity contribution in [2.24, 2.45) is 0 Å². The summed E-state index contributed by atoms with van der Waals surface area (Å²) >= 11 is 1.73. The molecule has 0 aliphatic heterocycles. The highest BCUT2D eigenvalue weighted by Gasteiger charge is 2.29. The van der Waals surface area contributed by atoms with Crippen LogP contribution in [-0.2, 0) is 0 Å². The van der Waals surface area contributed by atoms with Crippen LogP contribution in [0.15, 0.2) is 35.5 Å². The zero-order valence-corrected chi connectivity index (χ0v) is 11.7. The van der Waals surface area contributed by atoms with Crippen molar-refractivity contribution in [3.63, 3.8) is 0 Å². The zero-order valence-electron chi connectivity index (χ0n) is 10.9. The van der Waals surface area contributed by atoms with Crippen LogP contribution in [0.3, 0.4) is 0 Å². The van der Waals surface area contributed by atoms with Crippen molar-refractivity contribution in [1.29, 1.82) is 0 Å². The molecule has 0 amide bonds. The van der Waals surface area contributed by atoms with Gasteiger partial charge in [-0.05, 0) is 35.9 Å². The number of rotatable bonds is 6. The lowest BCUT2D eigenvalue weighted by Gasteiger charge is -2.15. The van der Waals surface area contributed by atoms with Crippen LogP contribution in [0, 0.1) is 0 Å². The van der Waals surface area contributed by atoms with Crippen molar-refractivity contribution in [2.75, 3.05) is 13.6 Å². The summed E-state index contributed by atoms with van der Waals surface area (Å²) in [5.41, 5.74) is 1.30. The fraction of sp³-hybridized carbons (Fsp3) is 0.462. The van der Waals surface area contributed by atoms with Crippen molar-refractivity contribution >= 4 is 11.8 Å². The van der Waals surface area contributed by atoms with E-state index in [1.807, 2.05) is 17.8 Å². The fourth-order valence-corrected chi connectivity index (χ4v) is 3.19. The van der Waals surface area contributed by atoms with Gasteiger partial charge in [0.05, 0.1) is 6.04 Å². The molecule has 1 fully saturated rings. The highest BCUT2D eigenvalue weighted by molar-refractivity contribution is 7.99. The molecule has 1 aliphatic rings. The minimum Gasteiger partial charge on any atom is -0.318 e. The van der Waals surface area contributed by atoms with Crippen LogP contribution in [-0.4, -0.2) is 33.8 Å². The van der Waals surface area contributed by atoms with Gasteiger partial charge >= 0.3 is 0 Å². The molecule has 0 saturated heterocycles. The van der Waals surface area contributed by atoms with Crippen molar-refractivity contribution < 1.29 is 0 Å². The average Bonchev–Trinajstić information content (AvgIpc) is 3.19. The first kappa shape index (κ1) is 12.6. The van der Waals surface area contributed by atoms with Crippen molar-refractivity contribution in [3.8, 4) is 0 Å². The number of hydrogen-bond donors (Lipinski definition) is 1. The largest absolute Gasteiger partial charge is 0.318 e. The summed E-state index contributed by atoms with van der Waals surface area (Å²) in [6, 6.07) is 11.0. The molecule has 1 aliphatic carbocycles. The summed E-state index contributed by atoms with van der Waals surface area (Å²) in [6.45, 7) is 0.895. The SMILES string of the molecule is CNCC(Sc1nnnn1C1CC1)c1ccccc1. The Morgan fingerprint density at radius 3 is 2.84 bits per heavy atom. The zero-order chi connectivity index (χ0) is 13.1. The number of nitrogens with one attached hydrogen (secondary N) is 1. The van der Waals surface area contributed by atoms with Gasteiger partial charge in [-0.2, -0.15) is 0 Å². The lowest BCUT2D eigenvalue weighted by atomic mass is 10.1. The molecule has 0 spiro atoms. The first-order chi connectivity index (χ1) is 9.38. The smallest absolute Gasteiger partial charge is 0.210 e. The Labute approximate surface area is 116 Å². The topological polar surface area (TPSA) is 55.6 Å². The lowest BCUT2D eigenvalue weighted by molar-refractivity contribution is 0.564. The molecule has 3 rings (SSSR count). The van der Waals surface area contributed by atoms with Gasteiger partial charge in [0.25, 0.3) is 0 Å². The normalized spacial score (nSPS) is 16.5. The third-order valence-corrected chi connectivity index (χ3v) is 4.37. The Morgan fingerprint density at radius 1 is 1.37 bits per heavy atom. The van der Waals surface area contributed by atoms with Gasteiger partial charge in [0.2, 0.25) is 5.16 Å². The van der Waals surface area contributed by atoms with Gasteiger partial charge in [-0.15, -0.1) is 5.10 Å². The van der Waals surface area contributed by atoms with Gasteiger partial charge in [-0.3, -0.25) is 0 Å². The maximum atomic E-state index is 4.16.